The number of benzene rings is 2. The zero-order valence-corrected chi connectivity index (χ0v) is 20.6. The first-order valence-electron chi connectivity index (χ1n) is 10.1. The molecule has 0 saturated carbocycles. The van der Waals surface area contributed by atoms with E-state index in [9.17, 15) is 4.79 Å². The smallest absolute Gasteiger partial charge is 0.264 e. The minimum atomic E-state index is -0.303. The van der Waals surface area contributed by atoms with Crippen molar-refractivity contribution < 1.29 is 9.53 Å². The lowest BCUT2D eigenvalue weighted by molar-refractivity contribution is -0.121. The first kappa shape index (κ1) is 24.2. The van der Waals surface area contributed by atoms with Crippen LogP contribution in [0.3, 0.4) is 0 Å². The number of halogens is 1. The number of thiocarbonyl (C=S) groups is 1. The molecule has 0 aliphatic heterocycles. The van der Waals surface area contributed by atoms with Gasteiger partial charge in [-0.15, -0.1) is 0 Å². The van der Waals surface area contributed by atoms with Crippen LogP contribution in [0.4, 0.5) is 11.4 Å². The normalized spacial score (nSPS) is 10.6. The van der Waals surface area contributed by atoms with Crippen molar-refractivity contribution in [3.05, 3.63) is 52.0 Å². The molecule has 0 saturated heterocycles. The summed E-state index contributed by atoms with van der Waals surface area (Å²) < 4.78 is 6.82. The number of carbonyl (C=O) groups is 1. The van der Waals surface area contributed by atoms with Gasteiger partial charge in [0.05, 0.1) is 0 Å². The number of hydrogen-bond acceptors (Lipinski definition) is 4. The average Bonchev–Trinajstić information content (AvgIpc) is 2.70. The molecule has 0 aromatic heterocycles. The number of ether oxygens (including phenoxy) is 1. The first-order chi connectivity index (χ1) is 14.2. The molecule has 2 N–H and O–H groups in total. The van der Waals surface area contributed by atoms with Crippen LogP contribution >= 0.6 is 28.1 Å². The molecule has 0 aliphatic carbocycles. The highest BCUT2D eigenvalue weighted by atomic mass is 79.9. The van der Waals surface area contributed by atoms with Crippen molar-refractivity contribution in [2.45, 2.75) is 40.5 Å². The number of amides is 1. The van der Waals surface area contributed by atoms with Crippen LogP contribution in [0.25, 0.3) is 0 Å². The number of carbonyl (C=O) groups excluding carboxylic acids is 1. The topological polar surface area (TPSA) is 53.6 Å². The summed E-state index contributed by atoms with van der Waals surface area (Å²) in [6.07, 6.45) is 0. The van der Waals surface area contributed by atoms with Gasteiger partial charge >= 0.3 is 0 Å². The zero-order valence-electron chi connectivity index (χ0n) is 18.2. The lowest BCUT2D eigenvalue weighted by Crippen LogP contribution is -2.37. The Balaban J connectivity index is 1.91. The molecule has 0 unspecified atom stereocenters. The van der Waals surface area contributed by atoms with Crippen molar-refractivity contribution in [1.82, 2.24) is 5.32 Å². The van der Waals surface area contributed by atoms with Gasteiger partial charge in [0.2, 0.25) is 0 Å². The molecule has 0 aliphatic rings. The largest absolute Gasteiger partial charge is 0.483 e. The van der Waals surface area contributed by atoms with Crippen molar-refractivity contribution in [3.8, 4) is 5.75 Å². The number of anilines is 2. The molecule has 2 aromatic rings. The standard InChI is InChI=1S/C23H30BrN3O2S/c1-6-27(7-2)18-10-8-17(9-11-18)25-23(30)26-22(28)14-29-21-12-16(5)20(24)13-19(21)15(3)4/h8-13,15H,6-7,14H2,1-5H3,(H2,25,26,28,30). The third kappa shape index (κ3) is 6.71. The Bertz CT molecular complexity index is 881. The maximum atomic E-state index is 12.3. The Labute approximate surface area is 193 Å². The van der Waals surface area contributed by atoms with Crippen LogP contribution in [0.2, 0.25) is 0 Å². The number of rotatable bonds is 8. The van der Waals surface area contributed by atoms with Crippen molar-refractivity contribution >= 4 is 50.5 Å². The minimum Gasteiger partial charge on any atom is -0.483 e. The van der Waals surface area contributed by atoms with E-state index in [-0.39, 0.29) is 23.5 Å². The van der Waals surface area contributed by atoms with Crippen LogP contribution in [0, 0.1) is 6.92 Å². The van der Waals surface area contributed by atoms with Crippen LogP contribution in [0.1, 0.15) is 44.7 Å². The van der Waals surface area contributed by atoms with Crippen molar-refractivity contribution in [3.63, 3.8) is 0 Å². The third-order valence-electron chi connectivity index (χ3n) is 4.78. The van der Waals surface area contributed by atoms with Gasteiger partial charge in [0.15, 0.2) is 11.7 Å². The van der Waals surface area contributed by atoms with Gasteiger partial charge in [-0.1, -0.05) is 29.8 Å². The molecule has 0 radical (unpaired) electrons. The Morgan fingerprint density at radius 3 is 2.37 bits per heavy atom. The maximum Gasteiger partial charge on any atom is 0.264 e. The minimum absolute atomic E-state index is 0.108. The molecule has 0 bridgehead atoms. The van der Waals surface area contributed by atoms with E-state index in [4.69, 9.17) is 17.0 Å². The molecule has 5 nitrogen and oxygen atoms in total. The summed E-state index contributed by atoms with van der Waals surface area (Å²) in [6.45, 7) is 12.2. The van der Waals surface area contributed by atoms with E-state index >= 15 is 0 Å². The summed E-state index contributed by atoms with van der Waals surface area (Å²) in [4.78, 5) is 14.6. The van der Waals surface area contributed by atoms with Gasteiger partial charge in [0.1, 0.15) is 5.75 Å². The fourth-order valence-corrected chi connectivity index (χ4v) is 3.65. The lowest BCUT2D eigenvalue weighted by atomic mass is 10.0. The van der Waals surface area contributed by atoms with Crippen LogP contribution in [-0.4, -0.2) is 30.7 Å². The monoisotopic (exact) mass is 491 g/mol. The molecule has 7 heteroatoms. The first-order valence-corrected chi connectivity index (χ1v) is 11.3. The SMILES string of the molecule is CCN(CC)c1ccc(NC(=S)NC(=O)COc2cc(C)c(Br)cc2C(C)C)cc1. The van der Waals surface area contributed by atoms with E-state index in [2.05, 4.69) is 59.2 Å². The maximum absolute atomic E-state index is 12.3. The Morgan fingerprint density at radius 2 is 1.80 bits per heavy atom. The van der Waals surface area contributed by atoms with Crippen LogP contribution < -0.4 is 20.3 Å². The van der Waals surface area contributed by atoms with Gasteiger partial charge in [-0.2, -0.15) is 0 Å². The van der Waals surface area contributed by atoms with E-state index in [0.29, 0.717) is 5.75 Å². The highest BCUT2D eigenvalue weighted by Crippen LogP contribution is 2.32. The Kier molecular flexibility index (Phi) is 9.11. The summed E-state index contributed by atoms with van der Waals surface area (Å²) in [6, 6.07) is 11.9. The van der Waals surface area contributed by atoms with E-state index in [1.54, 1.807) is 0 Å². The van der Waals surface area contributed by atoms with Crippen molar-refractivity contribution in [2.75, 3.05) is 29.9 Å². The molecule has 1 amide bonds. The molecule has 0 atom stereocenters. The molecule has 0 spiro atoms. The fourth-order valence-electron chi connectivity index (χ4n) is 3.06. The molecule has 30 heavy (non-hydrogen) atoms. The third-order valence-corrected chi connectivity index (χ3v) is 5.84. The Morgan fingerprint density at radius 1 is 1.17 bits per heavy atom. The molecule has 0 heterocycles. The molecular weight excluding hydrogens is 462 g/mol. The predicted molar refractivity (Wildman–Crippen MR) is 133 cm³/mol. The molecule has 0 fully saturated rings. The van der Waals surface area contributed by atoms with E-state index < -0.39 is 0 Å². The van der Waals surface area contributed by atoms with Gasteiger partial charge in [-0.3, -0.25) is 10.1 Å². The second-order valence-corrected chi connectivity index (χ2v) is 8.57. The average molecular weight is 492 g/mol. The van der Waals surface area contributed by atoms with Crippen molar-refractivity contribution in [1.29, 1.82) is 0 Å². The number of nitrogens with zero attached hydrogens (tertiary/aromatic N) is 1. The number of hydrogen-bond donors (Lipinski definition) is 2. The zero-order chi connectivity index (χ0) is 22.3. The molecule has 162 valence electrons. The molecule has 2 aromatic carbocycles. The van der Waals surface area contributed by atoms with E-state index in [1.807, 2.05) is 43.3 Å². The van der Waals surface area contributed by atoms with Gasteiger partial charge in [0, 0.05) is 28.9 Å². The molecule has 2 rings (SSSR count). The quantitative estimate of drug-likeness (QED) is 0.469. The summed E-state index contributed by atoms with van der Waals surface area (Å²) in [5.74, 6) is 0.691. The Hall–Kier alpha value is -2.12. The van der Waals surface area contributed by atoms with Crippen LogP contribution in [0.5, 0.6) is 5.75 Å². The summed E-state index contributed by atoms with van der Waals surface area (Å²) in [7, 11) is 0. The van der Waals surface area contributed by atoms with Gasteiger partial charge < -0.3 is 15.0 Å². The van der Waals surface area contributed by atoms with Gasteiger partial charge in [0.25, 0.3) is 5.91 Å². The lowest BCUT2D eigenvalue weighted by Gasteiger charge is -2.21. The van der Waals surface area contributed by atoms with Gasteiger partial charge in [-0.25, -0.2) is 0 Å². The van der Waals surface area contributed by atoms with Crippen LogP contribution in [-0.2, 0) is 4.79 Å². The predicted octanol–water partition coefficient (Wildman–Crippen LogP) is 5.62. The second-order valence-electron chi connectivity index (χ2n) is 7.30. The summed E-state index contributed by atoms with van der Waals surface area (Å²) >= 11 is 8.81. The number of nitrogens with one attached hydrogen (secondary N) is 2. The van der Waals surface area contributed by atoms with Crippen LogP contribution in [0.15, 0.2) is 40.9 Å². The number of aryl methyl sites for hydroxylation is 1. The summed E-state index contributed by atoms with van der Waals surface area (Å²) in [5, 5.41) is 5.95. The fraction of sp³-hybridized carbons (Fsp3) is 0.391. The van der Waals surface area contributed by atoms with Crippen molar-refractivity contribution in [2.24, 2.45) is 0 Å². The highest BCUT2D eigenvalue weighted by Gasteiger charge is 2.13. The van der Waals surface area contributed by atoms with Gasteiger partial charge in [-0.05, 0) is 86.4 Å². The molecular formula is C23H30BrN3O2S. The second kappa shape index (κ2) is 11.3. The van der Waals surface area contributed by atoms with E-state index in [0.717, 1.165) is 40.1 Å². The summed E-state index contributed by atoms with van der Waals surface area (Å²) in [5.41, 5.74) is 4.08. The highest BCUT2D eigenvalue weighted by molar-refractivity contribution is 9.10. The van der Waals surface area contributed by atoms with E-state index in [1.165, 1.54) is 0 Å².